The van der Waals surface area contributed by atoms with Gasteiger partial charge in [0.15, 0.2) is 0 Å². The predicted octanol–water partition coefficient (Wildman–Crippen LogP) is 2.16. The Morgan fingerprint density at radius 3 is 2.33 bits per heavy atom. The summed E-state index contributed by atoms with van der Waals surface area (Å²) in [5.74, 6) is 2.03. The quantitative estimate of drug-likeness (QED) is 0.844. The molecule has 0 saturated carbocycles. The molecule has 2 heterocycles. The van der Waals surface area contributed by atoms with E-state index in [1.807, 2.05) is 0 Å². The van der Waals surface area contributed by atoms with E-state index in [2.05, 4.69) is 49.9 Å². The smallest absolute Gasteiger partial charge is 0.241 e. The Labute approximate surface area is 130 Å². The molecule has 0 aromatic carbocycles. The molecule has 2 aliphatic rings. The lowest BCUT2D eigenvalue weighted by Crippen LogP contribution is -2.45. The highest BCUT2D eigenvalue weighted by molar-refractivity contribution is 5.84. The number of piperidine rings is 1. The topological polar surface area (TPSA) is 35.6 Å². The number of hydrogen-bond acceptors (Lipinski definition) is 3. The molecule has 2 rings (SSSR count). The molecule has 0 aliphatic carbocycles. The Morgan fingerprint density at radius 2 is 1.81 bits per heavy atom. The first kappa shape index (κ1) is 16.8. The molecule has 2 unspecified atom stereocenters. The van der Waals surface area contributed by atoms with Gasteiger partial charge < -0.3 is 9.80 Å². The number of nitrogens with zero attached hydrogens (tertiary/aromatic N) is 2. The summed E-state index contributed by atoms with van der Waals surface area (Å²) in [5.41, 5.74) is 0. The monoisotopic (exact) mass is 295 g/mol. The minimum absolute atomic E-state index is 0.0312. The summed E-state index contributed by atoms with van der Waals surface area (Å²) in [6.07, 6.45) is 3.62. The molecule has 2 aliphatic heterocycles. The number of likely N-dealkylation sites (tertiary alicyclic amines) is 1. The summed E-state index contributed by atoms with van der Waals surface area (Å²) in [6.45, 7) is 12.1. The number of carbonyl (C=O) groups excluding carboxylic acids is 1. The normalized spacial score (nSPS) is 29.1. The van der Waals surface area contributed by atoms with Crippen molar-refractivity contribution in [2.24, 2.45) is 17.8 Å². The van der Waals surface area contributed by atoms with Gasteiger partial charge in [-0.25, -0.2) is 0 Å². The molecule has 0 spiro atoms. The predicted molar refractivity (Wildman–Crippen MR) is 86.9 cm³/mol. The van der Waals surface area contributed by atoms with E-state index in [0.29, 0.717) is 23.7 Å². The third-order valence-corrected chi connectivity index (χ3v) is 4.92. The lowest BCUT2D eigenvalue weighted by atomic mass is 9.95. The number of hydrogen-bond donors (Lipinski definition) is 1. The van der Waals surface area contributed by atoms with Gasteiger partial charge in [0.1, 0.15) is 0 Å². The summed E-state index contributed by atoms with van der Waals surface area (Å²) in [7, 11) is 2.19. The fourth-order valence-electron chi connectivity index (χ4n) is 3.62. The van der Waals surface area contributed by atoms with Crippen molar-refractivity contribution in [2.45, 2.75) is 59.2 Å². The third kappa shape index (κ3) is 4.19. The molecule has 1 N–H and O–H groups in total. The Balaban J connectivity index is 1.99. The first-order valence-electron chi connectivity index (χ1n) is 8.63. The van der Waals surface area contributed by atoms with Gasteiger partial charge in [0.25, 0.3) is 0 Å². The number of carbonyl (C=O) groups is 1. The van der Waals surface area contributed by atoms with E-state index < -0.39 is 0 Å². The lowest BCUT2D eigenvalue weighted by Gasteiger charge is -2.34. The van der Waals surface area contributed by atoms with Crippen LogP contribution in [-0.4, -0.2) is 54.6 Å². The minimum atomic E-state index is 0.0312. The zero-order valence-electron chi connectivity index (χ0n) is 14.4. The molecule has 0 bridgehead atoms. The van der Waals surface area contributed by atoms with Crippen molar-refractivity contribution in [3.05, 3.63) is 0 Å². The van der Waals surface area contributed by atoms with Crippen LogP contribution in [0.25, 0.3) is 0 Å². The van der Waals surface area contributed by atoms with E-state index >= 15 is 0 Å². The summed E-state index contributed by atoms with van der Waals surface area (Å²) in [4.78, 5) is 17.3. The Morgan fingerprint density at radius 1 is 1.19 bits per heavy atom. The average molecular weight is 295 g/mol. The average Bonchev–Trinajstić information content (AvgIpc) is 2.70. The third-order valence-electron chi connectivity index (χ3n) is 4.92. The molecule has 2 fully saturated rings. The summed E-state index contributed by atoms with van der Waals surface area (Å²) < 4.78 is 0. The van der Waals surface area contributed by atoms with Crippen molar-refractivity contribution >= 4 is 5.91 Å². The van der Waals surface area contributed by atoms with E-state index in [0.717, 1.165) is 13.0 Å². The second kappa shape index (κ2) is 7.10. The van der Waals surface area contributed by atoms with Crippen molar-refractivity contribution in [1.29, 1.82) is 0 Å². The minimum Gasteiger partial charge on any atom is -0.325 e. The Bertz CT molecular complexity index is 348. The SMILES string of the molecule is CC(C)CC1NC(C(C)C)N(CC2CCN(C)CC2)C1=O. The Kier molecular flexibility index (Phi) is 5.67. The van der Waals surface area contributed by atoms with E-state index in [1.165, 1.54) is 25.9 Å². The van der Waals surface area contributed by atoms with Crippen molar-refractivity contribution in [3.63, 3.8) is 0 Å². The number of amides is 1. The van der Waals surface area contributed by atoms with Crippen molar-refractivity contribution in [1.82, 2.24) is 15.1 Å². The maximum Gasteiger partial charge on any atom is 0.241 e. The first-order valence-corrected chi connectivity index (χ1v) is 8.63. The fourth-order valence-corrected chi connectivity index (χ4v) is 3.62. The Hall–Kier alpha value is -0.610. The van der Waals surface area contributed by atoms with Gasteiger partial charge in [-0.1, -0.05) is 27.7 Å². The van der Waals surface area contributed by atoms with E-state index in [4.69, 9.17) is 0 Å². The van der Waals surface area contributed by atoms with Gasteiger partial charge in [0.05, 0.1) is 12.2 Å². The molecule has 122 valence electrons. The van der Waals surface area contributed by atoms with Crippen LogP contribution in [0.3, 0.4) is 0 Å². The maximum atomic E-state index is 12.7. The van der Waals surface area contributed by atoms with Gasteiger partial charge in [-0.2, -0.15) is 0 Å². The molecule has 1 amide bonds. The van der Waals surface area contributed by atoms with Crippen LogP contribution in [0.2, 0.25) is 0 Å². The summed E-state index contributed by atoms with van der Waals surface area (Å²) >= 11 is 0. The standard InChI is InChI=1S/C17H33N3O/c1-12(2)10-15-17(21)20(16(18-15)13(3)4)11-14-6-8-19(5)9-7-14/h12-16,18H,6-11H2,1-5H3. The second-order valence-electron chi connectivity index (χ2n) is 7.77. The molecular formula is C17H33N3O. The van der Waals surface area contributed by atoms with Gasteiger partial charge in [0, 0.05) is 6.54 Å². The van der Waals surface area contributed by atoms with Crippen LogP contribution < -0.4 is 5.32 Å². The zero-order valence-corrected chi connectivity index (χ0v) is 14.4. The maximum absolute atomic E-state index is 12.7. The van der Waals surface area contributed by atoms with Crippen LogP contribution in [0.1, 0.15) is 47.0 Å². The second-order valence-corrected chi connectivity index (χ2v) is 7.77. The summed E-state index contributed by atoms with van der Waals surface area (Å²) in [6, 6.07) is 0.0312. The van der Waals surface area contributed by atoms with Crippen LogP contribution in [0.4, 0.5) is 0 Å². The highest BCUT2D eigenvalue weighted by atomic mass is 16.2. The van der Waals surface area contributed by atoms with Crippen molar-refractivity contribution in [3.8, 4) is 0 Å². The zero-order chi connectivity index (χ0) is 15.6. The van der Waals surface area contributed by atoms with Crippen LogP contribution in [0, 0.1) is 17.8 Å². The van der Waals surface area contributed by atoms with Crippen molar-refractivity contribution in [2.75, 3.05) is 26.7 Å². The largest absolute Gasteiger partial charge is 0.325 e. The molecule has 2 atom stereocenters. The molecule has 4 heteroatoms. The molecule has 0 aromatic rings. The van der Waals surface area contributed by atoms with E-state index in [1.54, 1.807) is 0 Å². The molecule has 21 heavy (non-hydrogen) atoms. The highest BCUT2D eigenvalue weighted by Crippen LogP contribution is 2.25. The van der Waals surface area contributed by atoms with Crippen LogP contribution >= 0.6 is 0 Å². The fraction of sp³-hybridized carbons (Fsp3) is 0.941. The van der Waals surface area contributed by atoms with Gasteiger partial charge in [-0.05, 0) is 57.2 Å². The van der Waals surface area contributed by atoms with Crippen LogP contribution in [0.5, 0.6) is 0 Å². The number of nitrogens with one attached hydrogen (secondary N) is 1. The lowest BCUT2D eigenvalue weighted by molar-refractivity contribution is -0.131. The van der Waals surface area contributed by atoms with Gasteiger partial charge >= 0.3 is 0 Å². The first-order chi connectivity index (χ1) is 9.88. The highest BCUT2D eigenvalue weighted by Gasteiger charge is 2.41. The van der Waals surface area contributed by atoms with Crippen LogP contribution in [-0.2, 0) is 4.79 Å². The van der Waals surface area contributed by atoms with Gasteiger partial charge in [-0.15, -0.1) is 0 Å². The van der Waals surface area contributed by atoms with Gasteiger partial charge in [0.2, 0.25) is 5.91 Å². The van der Waals surface area contributed by atoms with Gasteiger partial charge in [-0.3, -0.25) is 10.1 Å². The number of rotatable bonds is 5. The molecular weight excluding hydrogens is 262 g/mol. The van der Waals surface area contributed by atoms with E-state index in [-0.39, 0.29) is 12.2 Å². The van der Waals surface area contributed by atoms with Crippen LogP contribution in [0.15, 0.2) is 0 Å². The molecule has 0 aromatic heterocycles. The van der Waals surface area contributed by atoms with E-state index in [9.17, 15) is 4.79 Å². The molecule has 4 nitrogen and oxygen atoms in total. The molecule has 2 saturated heterocycles. The van der Waals surface area contributed by atoms with Crippen molar-refractivity contribution < 1.29 is 4.79 Å². The summed E-state index contributed by atoms with van der Waals surface area (Å²) in [5, 5.41) is 3.59. The molecule has 0 radical (unpaired) electrons.